The third-order valence-electron chi connectivity index (χ3n) is 3.09. The Morgan fingerprint density at radius 3 is 2.12 bits per heavy atom. The molecule has 3 N–H and O–H groups in total. The highest BCUT2D eigenvalue weighted by atomic mass is 32.1. The first kappa shape index (κ1) is 19.5. The molecule has 0 fully saturated rings. The van der Waals surface area contributed by atoms with Crippen LogP contribution in [0.2, 0.25) is 0 Å². The van der Waals surface area contributed by atoms with Gasteiger partial charge in [0.05, 0.1) is 27.5 Å². The van der Waals surface area contributed by atoms with Crippen LogP contribution in [0.5, 0.6) is 0 Å². The van der Waals surface area contributed by atoms with Gasteiger partial charge in [0.1, 0.15) is 0 Å². The van der Waals surface area contributed by atoms with Crippen molar-refractivity contribution in [2.45, 2.75) is 18.9 Å². The van der Waals surface area contributed by atoms with Crippen LogP contribution in [-0.4, -0.2) is 39.9 Å². The number of hydrogen-bond donors (Lipinski definition) is 3. The highest BCUT2D eigenvalue weighted by Gasteiger charge is 2.23. The maximum atomic E-state index is 12.2. The summed E-state index contributed by atoms with van der Waals surface area (Å²) in [5.74, 6) is -1.10. The molecule has 0 aliphatic heterocycles. The second-order valence-corrected chi connectivity index (χ2v) is 5.18. The number of nitrogens with zero attached hydrogens (tertiary/aromatic N) is 2. The van der Waals surface area contributed by atoms with Gasteiger partial charge in [0.25, 0.3) is 17.3 Å². The molecule has 0 radical (unpaired) electrons. The van der Waals surface area contributed by atoms with Crippen molar-refractivity contribution >= 4 is 35.7 Å². The maximum absolute atomic E-state index is 12.2. The number of hydrogen-bond acceptors (Lipinski definition) is 8. The number of amides is 1. The van der Waals surface area contributed by atoms with Gasteiger partial charge >= 0.3 is 0 Å². The molecule has 0 heterocycles. The summed E-state index contributed by atoms with van der Waals surface area (Å²) >= 11 is 3.99. The van der Waals surface area contributed by atoms with Crippen LogP contribution in [-0.2, 0) is 4.79 Å². The SMILES string of the molecule is NCCCC(=O)[C@H](CS)NC(=O)c1cc([N+](=O)[O-])cc([N+](=O)[O-])c1. The minimum absolute atomic E-state index is 0.0200. The highest BCUT2D eigenvalue weighted by molar-refractivity contribution is 7.80. The predicted molar refractivity (Wildman–Crippen MR) is 88.2 cm³/mol. The zero-order valence-corrected chi connectivity index (χ0v) is 13.4. The van der Waals surface area contributed by atoms with Crippen LogP contribution >= 0.6 is 12.6 Å². The lowest BCUT2D eigenvalue weighted by Crippen LogP contribution is -2.42. The normalized spacial score (nSPS) is 11.6. The molecule has 1 aromatic rings. The molecule has 10 nitrogen and oxygen atoms in total. The number of nitro benzene ring substituents is 2. The first-order chi connectivity index (χ1) is 11.3. The van der Waals surface area contributed by atoms with E-state index in [9.17, 15) is 29.8 Å². The van der Waals surface area contributed by atoms with E-state index < -0.39 is 33.2 Å². The van der Waals surface area contributed by atoms with Crippen molar-refractivity contribution in [2.24, 2.45) is 5.73 Å². The fourth-order valence-corrected chi connectivity index (χ4v) is 2.15. The second-order valence-electron chi connectivity index (χ2n) is 4.82. The number of benzene rings is 1. The average Bonchev–Trinajstić information content (AvgIpc) is 2.56. The number of thiol groups is 1. The van der Waals surface area contributed by atoms with Gasteiger partial charge in [-0.1, -0.05) is 0 Å². The minimum atomic E-state index is -0.911. The number of nitro groups is 2. The molecule has 0 aliphatic carbocycles. The molecule has 0 spiro atoms. The summed E-state index contributed by atoms with van der Waals surface area (Å²) < 4.78 is 0. The molecule has 0 aliphatic rings. The Bertz CT molecular complexity index is 634. The Balaban J connectivity index is 3.02. The van der Waals surface area contributed by atoms with E-state index in [0.29, 0.717) is 13.0 Å². The Morgan fingerprint density at radius 1 is 1.17 bits per heavy atom. The quantitative estimate of drug-likeness (QED) is 0.336. The summed E-state index contributed by atoms with van der Waals surface area (Å²) in [5.41, 5.74) is 3.85. The lowest BCUT2D eigenvalue weighted by Gasteiger charge is -2.15. The lowest BCUT2D eigenvalue weighted by atomic mass is 10.1. The van der Waals surface area contributed by atoms with Crippen LogP contribution in [0, 0.1) is 20.2 Å². The van der Waals surface area contributed by atoms with Gasteiger partial charge in [-0.2, -0.15) is 12.6 Å². The number of rotatable bonds is 9. The van der Waals surface area contributed by atoms with Gasteiger partial charge in [-0.15, -0.1) is 0 Å². The van der Waals surface area contributed by atoms with Crippen molar-refractivity contribution < 1.29 is 19.4 Å². The Kier molecular flexibility index (Phi) is 7.27. The van der Waals surface area contributed by atoms with Gasteiger partial charge in [0.2, 0.25) is 0 Å². The number of carbonyl (C=O) groups excluding carboxylic acids is 2. The van der Waals surface area contributed by atoms with E-state index in [1.807, 2.05) is 0 Å². The molecule has 0 saturated heterocycles. The van der Waals surface area contributed by atoms with Crippen molar-refractivity contribution in [3.05, 3.63) is 44.0 Å². The molecule has 24 heavy (non-hydrogen) atoms. The van der Waals surface area contributed by atoms with Crippen molar-refractivity contribution in [3.63, 3.8) is 0 Å². The summed E-state index contributed by atoms with van der Waals surface area (Å²) in [6.45, 7) is 0.316. The number of carbonyl (C=O) groups is 2. The van der Waals surface area contributed by atoms with Crippen molar-refractivity contribution in [2.75, 3.05) is 12.3 Å². The van der Waals surface area contributed by atoms with E-state index in [4.69, 9.17) is 5.73 Å². The number of ketones is 1. The molecule has 0 bridgehead atoms. The molecule has 1 aromatic carbocycles. The van der Waals surface area contributed by atoms with E-state index in [2.05, 4.69) is 17.9 Å². The third kappa shape index (κ3) is 5.28. The molecule has 1 rings (SSSR count). The van der Waals surface area contributed by atoms with E-state index in [0.717, 1.165) is 18.2 Å². The third-order valence-corrected chi connectivity index (χ3v) is 3.46. The Morgan fingerprint density at radius 2 is 1.71 bits per heavy atom. The smallest absolute Gasteiger partial charge is 0.277 e. The van der Waals surface area contributed by atoms with Crippen LogP contribution in [0.3, 0.4) is 0 Å². The first-order valence-electron chi connectivity index (χ1n) is 6.88. The number of nitrogens with one attached hydrogen (secondary N) is 1. The summed E-state index contributed by atoms with van der Waals surface area (Å²) in [5, 5.41) is 24.0. The van der Waals surface area contributed by atoms with E-state index in [-0.39, 0.29) is 23.5 Å². The molecule has 11 heteroatoms. The van der Waals surface area contributed by atoms with Crippen LogP contribution in [0.1, 0.15) is 23.2 Å². The van der Waals surface area contributed by atoms with Crippen LogP contribution in [0.15, 0.2) is 18.2 Å². The highest BCUT2D eigenvalue weighted by Crippen LogP contribution is 2.22. The van der Waals surface area contributed by atoms with Gasteiger partial charge in [0.15, 0.2) is 5.78 Å². The Labute approximate surface area is 142 Å². The van der Waals surface area contributed by atoms with Crippen LogP contribution < -0.4 is 11.1 Å². The zero-order chi connectivity index (χ0) is 18.3. The monoisotopic (exact) mass is 356 g/mol. The number of nitrogens with two attached hydrogens (primary N) is 1. The van der Waals surface area contributed by atoms with E-state index in [1.165, 1.54) is 0 Å². The first-order valence-corrected chi connectivity index (χ1v) is 7.51. The van der Waals surface area contributed by atoms with Gasteiger partial charge in [-0.05, 0) is 13.0 Å². The summed E-state index contributed by atoms with van der Waals surface area (Å²) in [7, 11) is 0. The topological polar surface area (TPSA) is 158 Å². The minimum Gasteiger partial charge on any atom is -0.341 e. The fourth-order valence-electron chi connectivity index (χ4n) is 1.86. The molecular weight excluding hydrogens is 340 g/mol. The molecule has 0 saturated carbocycles. The summed E-state index contributed by atoms with van der Waals surface area (Å²) in [4.78, 5) is 44.1. The molecular formula is C13H16N4O6S. The van der Waals surface area contributed by atoms with Gasteiger partial charge in [-0.25, -0.2) is 0 Å². The zero-order valence-electron chi connectivity index (χ0n) is 12.5. The molecule has 130 valence electrons. The predicted octanol–water partition coefficient (Wildman–Crippen LogP) is 0.839. The maximum Gasteiger partial charge on any atom is 0.277 e. The van der Waals surface area contributed by atoms with Gasteiger partial charge in [-0.3, -0.25) is 29.8 Å². The standard InChI is InChI=1S/C13H16N4O6S/c14-3-1-2-12(18)11(7-24)15-13(19)8-4-9(16(20)21)6-10(5-8)17(22)23/h4-6,11,24H,1-3,7,14H2,(H,15,19)/t11-/m0/s1. The Hall–Kier alpha value is -2.53. The summed E-state index contributed by atoms with van der Waals surface area (Å²) in [6, 6.07) is 1.65. The van der Waals surface area contributed by atoms with Crippen LogP contribution in [0.25, 0.3) is 0 Å². The fraction of sp³-hybridized carbons (Fsp3) is 0.385. The molecule has 0 unspecified atom stereocenters. The molecule has 0 aromatic heterocycles. The van der Waals surface area contributed by atoms with E-state index in [1.54, 1.807) is 0 Å². The van der Waals surface area contributed by atoms with E-state index >= 15 is 0 Å². The van der Waals surface area contributed by atoms with Crippen molar-refractivity contribution in [3.8, 4) is 0 Å². The number of non-ortho nitro benzene ring substituents is 2. The molecule has 1 atom stereocenters. The number of Topliss-reactive ketones (excluding diaryl/α,β-unsaturated/α-hetero) is 1. The van der Waals surface area contributed by atoms with Crippen molar-refractivity contribution in [1.29, 1.82) is 0 Å². The largest absolute Gasteiger partial charge is 0.341 e. The second kappa shape index (κ2) is 8.93. The lowest BCUT2D eigenvalue weighted by molar-refractivity contribution is -0.394. The van der Waals surface area contributed by atoms with Gasteiger partial charge < -0.3 is 11.1 Å². The van der Waals surface area contributed by atoms with Crippen molar-refractivity contribution in [1.82, 2.24) is 5.32 Å². The molecule has 1 amide bonds. The van der Waals surface area contributed by atoms with Crippen LogP contribution in [0.4, 0.5) is 11.4 Å². The summed E-state index contributed by atoms with van der Waals surface area (Å²) in [6.07, 6.45) is 0.596. The average molecular weight is 356 g/mol. The van der Waals surface area contributed by atoms with Gasteiger partial charge in [0, 0.05) is 24.3 Å².